The number of benzene rings is 1. The number of amides is 1. The summed E-state index contributed by atoms with van der Waals surface area (Å²) >= 11 is 5.45. The molecule has 0 aliphatic carbocycles. The normalized spacial score (nSPS) is 16.3. The van der Waals surface area contributed by atoms with E-state index in [-0.39, 0.29) is 5.91 Å². The van der Waals surface area contributed by atoms with E-state index in [0.717, 1.165) is 41.8 Å². The molecule has 2 rings (SSSR count). The molecule has 1 aliphatic heterocycles. The van der Waals surface area contributed by atoms with Crippen LogP contribution in [0.4, 0.5) is 0 Å². The van der Waals surface area contributed by atoms with Crippen LogP contribution in [0.25, 0.3) is 0 Å². The Morgan fingerprint density at radius 3 is 2.84 bits per heavy atom. The molecule has 1 N–H and O–H groups in total. The second-order valence-electron chi connectivity index (χ2n) is 4.67. The smallest absolute Gasteiger partial charge is 0.251 e. The van der Waals surface area contributed by atoms with E-state index in [9.17, 15) is 4.79 Å². The molecule has 0 unspecified atom stereocenters. The summed E-state index contributed by atoms with van der Waals surface area (Å²) in [5, 5.41) is 2.99. The van der Waals surface area contributed by atoms with Gasteiger partial charge in [-0.05, 0) is 30.7 Å². The lowest BCUT2D eigenvalue weighted by atomic mass is 10.1. The van der Waals surface area contributed by atoms with Gasteiger partial charge in [0.05, 0.1) is 0 Å². The molecule has 0 atom stereocenters. The highest BCUT2D eigenvalue weighted by atomic mass is 79.9. The minimum absolute atomic E-state index is 0.0157. The SMILES string of the molecule is Cc1cc(C(=O)NCCN2CCSCC2)ccc1Br. The van der Waals surface area contributed by atoms with Crippen molar-refractivity contribution >= 4 is 33.6 Å². The van der Waals surface area contributed by atoms with Gasteiger partial charge in [0.2, 0.25) is 0 Å². The molecule has 1 aromatic carbocycles. The van der Waals surface area contributed by atoms with Gasteiger partial charge in [0, 0.05) is 47.7 Å². The number of nitrogens with zero attached hydrogens (tertiary/aromatic N) is 1. The molecule has 0 radical (unpaired) electrons. The average Bonchev–Trinajstić information content (AvgIpc) is 2.43. The molecule has 0 aromatic heterocycles. The lowest BCUT2D eigenvalue weighted by molar-refractivity contribution is 0.0949. The highest BCUT2D eigenvalue weighted by Gasteiger charge is 2.11. The van der Waals surface area contributed by atoms with Gasteiger partial charge < -0.3 is 5.32 Å². The van der Waals surface area contributed by atoms with Gasteiger partial charge in [-0.25, -0.2) is 0 Å². The fourth-order valence-electron chi connectivity index (χ4n) is 2.04. The lowest BCUT2D eigenvalue weighted by Crippen LogP contribution is -2.39. The molecule has 1 aliphatic rings. The zero-order valence-corrected chi connectivity index (χ0v) is 13.5. The van der Waals surface area contributed by atoms with Crippen molar-refractivity contribution in [1.82, 2.24) is 10.2 Å². The number of carbonyl (C=O) groups is 1. The Morgan fingerprint density at radius 2 is 2.16 bits per heavy atom. The predicted molar refractivity (Wildman–Crippen MR) is 85.0 cm³/mol. The Bertz CT molecular complexity index is 447. The Kier molecular flexibility index (Phi) is 5.73. The van der Waals surface area contributed by atoms with Crippen LogP contribution in [-0.4, -0.2) is 48.5 Å². The number of hydrogen-bond acceptors (Lipinski definition) is 3. The maximum Gasteiger partial charge on any atom is 0.251 e. The number of halogens is 1. The first-order chi connectivity index (χ1) is 9.16. The fraction of sp³-hybridized carbons (Fsp3) is 0.500. The van der Waals surface area contributed by atoms with Crippen molar-refractivity contribution < 1.29 is 4.79 Å². The molecule has 104 valence electrons. The van der Waals surface area contributed by atoms with Gasteiger partial charge in [0.1, 0.15) is 0 Å². The van der Waals surface area contributed by atoms with E-state index in [2.05, 4.69) is 26.1 Å². The monoisotopic (exact) mass is 342 g/mol. The Balaban J connectivity index is 1.78. The van der Waals surface area contributed by atoms with Crippen LogP contribution in [0, 0.1) is 6.92 Å². The molecule has 0 saturated carbocycles. The van der Waals surface area contributed by atoms with Crippen LogP contribution in [0.3, 0.4) is 0 Å². The van der Waals surface area contributed by atoms with Crippen molar-refractivity contribution in [3.8, 4) is 0 Å². The van der Waals surface area contributed by atoms with Crippen molar-refractivity contribution in [1.29, 1.82) is 0 Å². The van der Waals surface area contributed by atoms with Crippen molar-refractivity contribution in [3.05, 3.63) is 33.8 Å². The van der Waals surface area contributed by atoms with E-state index < -0.39 is 0 Å². The van der Waals surface area contributed by atoms with Gasteiger partial charge in [-0.2, -0.15) is 11.8 Å². The van der Waals surface area contributed by atoms with E-state index >= 15 is 0 Å². The Hall–Kier alpha value is -0.520. The van der Waals surface area contributed by atoms with Crippen LogP contribution < -0.4 is 5.32 Å². The second kappa shape index (κ2) is 7.31. The summed E-state index contributed by atoms with van der Waals surface area (Å²) in [4.78, 5) is 14.4. The maximum absolute atomic E-state index is 12.0. The van der Waals surface area contributed by atoms with Crippen molar-refractivity contribution in [2.24, 2.45) is 0 Å². The van der Waals surface area contributed by atoms with Gasteiger partial charge in [0.15, 0.2) is 0 Å². The van der Waals surface area contributed by atoms with Crippen LogP contribution in [0.5, 0.6) is 0 Å². The van der Waals surface area contributed by atoms with Crippen molar-refractivity contribution in [3.63, 3.8) is 0 Å². The number of nitrogens with one attached hydrogen (secondary N) is 1. The zero-order valence-electron chi connectivity index (χ0n) is 11.1. The first-order valence-electron chi connectivity index (χ1n) is 6.51. The third kappa shape index (κ3) is 4.51. The molecule has 1 heterocycles. The molecule has 1 aromatic rings. The van der Waals surface area contributed by atoms with Gasteiger partial charge in [-0.1, -0.05) is 15.9 Å². The molecule has 1 fully saturated rings. The standard InChI is InChI=1S/C14H19BrN2OS/c1-11-10-12(2-3-13(11)15)14(18)16-4-5-17-6-8-19-9-7-17/h2-3,10H,4-9H2,1H3,(H,16,18). The van der Waals surface area contributed by atoms with Crippen LogP contribution >= 0.6 is 27.7 Å². The van der Waals surface area contributed by atoms with Crippen LogP contribution in [-0.2, 0) is 0 Å². The van der Waals surface area contributed by atoms with E-state index in [4.69, 9.17) is 0 Å². The average molecular weight is 343 g/mol. The summed E-state index contributed by atoms with van der Waals surface area (Å²) in [7, 11) is 0. The van der Waals surface area contributed by atoms with E-state index in [1.54, 1.807) is 0 Å². The van der Waals surface area contributed by atoms with E-state index in [1.807, 2.05) is 36.9 Å². The predicted octanol–water partition coefficient (Wildman–Crippen LogP) is 2.54. The minimum Gasteiger partial charge on any atom is -0.351 e. The van der Waals surface area contributed by atoms with E-state index in [0.29, 0.717) is 0 Å². The number of rotatable bonds is 4. The zero-order chi connectivity index (χ0) is 13.7. The largest absolute Gasteiger partial charge is 0.351 e. The number of carbonyl (C=O) groups excluding carboxylic acids is 1. The molecule has 1 saturated heterocycles. The Labute approximate surface area is 127 Å². The molecular formula is C14H19BrN2OS. The summed E-state index contributed by atoms with van der Waals surface area (Å²) in [5.74, 6) is 2.43. The highest BCUT2D eigenvalue weighted by Crippen LogP contribution is 2.17. The van der Waals surface area contributed by atoms with Gasteiger partial charge in [-0.15, -0.1) is 0 Å². The second-order valence-corrected chi connectivity index (χ2v) is 6.75. The minimum atomic E-state index is 0.0157. The molecule has 1 amide bonds. The molecule has 0 bridgehead atoms. The third-order valence-corrected chi connectivity index (χ3v) is 5.07. The number of aryl methyl sites for hydroxylation is 1. The van der Waals surface area contributed by atoms with Crippen LogP contribution in [0.15, 0.2) is 22.7 Å². The van der Waals surface area contributed by atoms with E-state index in [1.165, 1.54) is 11.5 Å². The summed E-state index contributed by atoms with van der Waals surface area (Å²) in [6.07, 6.45) is 0. The first kappa shape index (κ1) is 14.9. The van der Waals surface area contributed by atoms with Crippen LogP contribution in [0.2, 0.25) is 0 Å². The maximum atomic E-state index is 12.0. The Morgan fingerprint density at radius 1 is 1.42 bits per heavy atom. The summed E-state index contributed by atoms with van der Waals surface area (Å²) in [6, 6.07) is 5.69. The first-order valence-corrected chi connectivity index (χ1v) is 8.46. The number of thioether (sulfide) groups is 1. The van der Waals surface area contributed by atoms with Gasteiger partial charge in [-0.3, -0.25) is 9.69 Å². The summed E-state index contributed by atoms with van der Waals surface area (Å²) in [6.45, 7) is 5.93. The van der Waals surface area contributed by atoms with Crippen molar-refractivity contribution in [2.45, 2.75) is 6.92 Å². The van der Waals surface area contributed by atoms with Crippen LogP contribution in [0.1, 0.15) is 15.9 Å². The fourth-order valence-corrected chi connectivity index (χ4v) is 3.27. The topological polar surface area (TPSA) is 32.3 Å². The third-order valence-electron chi connectivity index (χ3n) is 3.24. The summed E-state index contributed by atoms with van der Waals surface area (Å²) in [5.41, 5.74) is 1.82. The van der Waals surface area contributed by atoms with Crippen molar-refractivity contribution in [2.75, 3.05) is 37.7 Å². The van der Waals surface area contributed by atoms with Gasteiger partial charge >= 0.3 is 0 Å². The number of hydrogen-bond donors (Lipinski definition) is 1. The summed E-state index contributed by atoms with van der Waals surface area (Å²) < 4.78 is 1.04. The molecule has 19 heavy (non-hydrogen) atoms. The quantitative estimate of drug-likeness (QED) is 0.912. The molecule has 5 heteroatoms. The lowest BCUT2D eigenvalue weighted by Gasteiger charge is -2.26. The highest BCUT2D eigenvalue weighted by molar-refractivity contribution is 9.10. The molecule has 3 nitrogen and oxygen atoms in total. The molecular weight excluding hydrogens is 324 g/mol. The molecule has 0 spiro atoms. The van der Waals surface area contributed by atoms with Gasteiger partial charge in [0.25, 0.3) is 5.91 Å².